The van der Waals surface area contributed by atoms with Crippen LogP contribution < -0.4 is 9.47 Å². The topological polar surface area (TPSA) is 76.2 Å². The SMILES string of the molecule is CS(=O)(=O)CCN1CCN(C(=O)c2ccc(-c3ccc4c(c3)OCCO4)s2)CC1. The van der Waals surface area contributed by atoms with Crippen LogP contribution in [0.5, 0.6) is 11.5 Å². The van der Waals surface area contributed by atoms with E-state index < -0.39 is 9.84 Å². The molecule has 0 unspecified atom stereocenters. The molecular formula is C20H24N2O5S2. The Morgan fingerprint density at radius 2 is 1.76 bits per heavy atom. The van der Waals surface area contributed by atoms with Crippen LogP contribution in [-0.4, -0.2) is 82.1 Å². The predicted octanol–water partition coefficient (Wildman–Crippen LogP) is 1.99. The highest BCUT2D eigenvalue weighted by Gasteiger charge is 2.24. The fraction of sp³-hybridized carbons (Fsp3) is 0.450. The van der Waals surface area contributed by atoms with Crippen LogP contribution in [0.1, 0.15) is 9.67 Å². The molecule has 2 aliphatic heterocycles. The first-order valence-electron chi connectivity index (χ1n) is 9.58. The van der Waals surface area contributed by atoms with Crippen LogP contribution in [0.25, 0.3) is 10.4 Å². The van der Waals surface area contributed by atoms with Crippen LogP contribution in [-0.2, 0) is 9.84 Å². The van der Waals surface area contributed by atoms with Crippen LogP contribution in [0.2, 0.25) is 0 Å². The van der Waals surface area contributed by atoms with Crippen molar-refractivity contribution >= 4 is 27.1 Å². The summed E-state index contributed by atoms with van der Waals surface area (Å²) >= 11 is 1.47. The van der Waals surface area contributed by atoms with E-state index in [1.807, 2.05) is 35.2 Å². The zero-order valence-corrected chi connectivity index (χ0v) is 17.9. The van der Waals surface area contributed by atoms with Gasteiger partial charge in [0.1, 0.15) is 23.1 Å². The van der Waals surface area contributed by atoms with Crippen molar-refractivity contribution in [1.29, 1.82) is 0 Å². The van der Waals surface area contributed by atoms with Gasteiger partial charge in [-0.15, -0.1) is 11.3 Å². The maximum Gasteiger partial charge on any atom is 0.264 e. The lowest BCUT2D eigenvalue weighted by molar-refractivity contribution is 0.0649. The zero-order chi connectivity index (χ0) is 20.4. The highest BCUT2D eigenvalue weighted by atomic mass is 32.2. The Labute approximate surface area is 174 Å². The van der Waals surface area contributed by atoms with Crippen molar-refractivity contribution < 1.29 is 22.7 Å². The Kier molecular flexibility index (Phi) is 5.80. The molecule has 1 aromatic carbocycles. The molecule has 29 heavy (non-hydrogen) atoms. The average Bonchev–Trinajstić information content (AvgIpc) is 3.21. The molecule has 1 aromatic heterocycles. The minimum Gasteiger partial charge on any atom is -0.486 e. The van der Waals surface area contributed by atoms with Gasteiger partial charge in [-0.2, -0.15) is 0 Å². The Hall–Kier alpha value is -2.10. The van der Waals surface area contributed by atoms with Crippen molar-refractivity contribution in [1.82, 2.24) is 9.80 Å². The van der Waals surface area contributed by atoms with Gasteiger partial charge in [-0.25, -0.2) is 8.42 Å². The van der Waals surface area contributed by atoms with Crippen molar-refractivity contribution in [2.45, 2.75) is 0 Å². The second-order valence-electron chi connectivity index (χ2n) is 7.29. The van der Waals surface area contributed by atoms with E-state index in [0.29, 0.717) is 50.8 Å². The van der Waals surface area contributed by atoms with Gasteiger partial charge in [-0.1, -0.05) is 0 Å². The van der Waals surface area contributed by atoms with Gasteiger partial charge in [0.05, 0.1) is 10.6 Å². The number of sulfone groups is 1. The number of amides is 1. The lowest BCUT2D eigenvalue weighted by atomic mass is 10.1. The molecule has 0 radical (unpaired) electrons. The largest absolute Gasteiger partial charge is 0.486 e. The smallest absolute Gasteiger partial charge is 0.264 e. The van der Waals surface area contributed by atoms with E-state index in [1.54, 1.807) is 0 Å². The Morgan fingerprint density at radius 1 is 1.03 bits per heavy atom. The molecule has 0 bridgehead atoms. The normalized spacial score (nSPS) is 17.3. The molecule has 0 saturated carbocycles. The summed E-state index contributed by atoms with van der Waals surface area (Å²) in [5.74, 6) is 1.67. The number of thiophene rings is 1. The Morgan fingerprint density at radius 3 is 2.48 bits per heavy atom. The summed E-state index contributed by atoms with van der Waals surface area (Å²) in [6.45, 7) is 4.24. The van der Waals surface area contributed by atoms with Gasteiger partial charge in [0.2, 0.25) is 0 Å². The average molecular weight is 437 g/mol. The molecule has 0 atom stereocenters. The summed E-state index contributed by atoms with van der Waals surface area (Å²) in [5, 5.41) is 0. The molecule has 7 nitrogen and oxygen atoms in total. The van der Waals surface area contributed by atoms with Gasteiger partial charge < -0.3 is 14.4 Å². The molecule has 0 N–H and O–H groups in total. The molecule has 0 aliphatic carbocycles. The van der Waals surface area contributed by atoms with Gasteiger partial charge in [-0.3, -0.25) is 9.69 Å². The minimum absolute atomic E-state index is 0.0292. The third-order valence-corrected chi connectivity index (χ3v) is 7.13. The molecule has 1 saturated heterocycles. The first-order valence-corrected chi connectivity index (χ1v) is 12.5. The number of benzene rings is 1. The van der Waals surface area contributed by atoms with Gasteiger partial charge in [0.25, 0.3) is 5.91 Å². The monoisotopic (exact) mass is 436 g/mol. The standard InChI is InChI=1S/C20H24N2O5S2/c1-29(24,25)13-10-21-6-8-22(9-7-21)20(23)19-5-4-18(28-19)15-2-3-16-17(14-15)27-12-11-26-16/h2-5,14H,6-13H2,1H3. The molecule has 1 amide bonds. The number of carbonyl (C=O) groups is 1. The van der Waals surface area contributed by atoms with Crippen molar-refractivity contribution in [3.63, 3.8) is 0 Å². The lowest BCUT2D eigenvalue weighted by Crippen LogP contribution is -2.49. The number of hydrogen-bond acceptors (Lipinski definition) is 7. The molecule has 3 heterocycles. The Bertz CT molecular complexity index is 994. The van der Waals surface area contributed by atoms with Crippen LogP contribution in [0, 0.1) is 0 Å². The van der Waals surface area contributed by atoms with Crippen LogP contribution >= 0.6 is 11.3 Å². The summed E-state index contributed by atoms with van der Waals surface area (Å²) in [5.41, 5.74) is 1.00. The van der Waals surface area contributed by atoms with Crippen LogP contribution in [0.3, 0.4) is 0 Å². The molecule has 9 heteroatoms. The molecule has 4 rings (SSSR count). The van der Waals surface area contributed by atoms with Crippen molar-refractivity contribution in [2.24, 2.45) is 0 Å². The Balaban J connectivity index is 1.38. The van der Waals surface area contributed by atoms with E-state index in [9.17, 15) is 13.2 Å². The van der Waals surface area contributed by atoms with Gasteiger partial charge >= 0.3 is 0 Å². The van der Waals surface area contributed by atoms with Crippen LogP contribution in [0.15, 0.2) is 30.3 Å². The maximum absolute atomic E-state index is 12.9. The third-order valence-electron chi connectivity index (χ3n) is 5.08. The molecule has 156 valence electrons. The summed E-state index contributed by atoms with van der Waals surface area (Å²) in [7, 11) is -2.96. The van der Waals surface area contributed by atoms with E-state index in [4.69, 9.17) is 9.47 Å². The molecule has 2 aromatic rings. The van der Waals surface area contributed by atoms with Gasteiger partial charge in [0.15, 0.2) is 11.5 Å². The third kappa shape index (κ3) is 4.91. The summed E-state index contributed by atoms with van der Waals surface area (Å²) in [6.07, 6.45) is 1.25. The zero-order valence-electron chi connectivity index (χ0n) is 16.3. The highest BCUT2D eigenvalue weighted by Crippen LogP contribution is 2.37. The first-order chi connectivity index (χ1) is 13.9. The highest BCUT2D eigenvalue weighted by molar-refractivity contribution is 7.90. The van der Waals surface area contributed by atoms with Crippen molar-refractivity contribution in [3.8, 4) is 21.9 Å². The fourth-order valence-corrected chi connectivity index (χ4v) is 4.99. The number of rotatable bonds is 5. The van der Waals surface area contributed by atoms with Crippen LogP contribution in [0.4, 0.5) is 0 Å². The quantitative estimate of drug-likeness (QED) is 0.714. The molecular weight excluding hydrogens is 412 g/mol. The number of piperazine rings is 1. The van der Waals surface area contributed by atoms with E-state index >= 15 is 0 Å². The number of carbonyl (C=O) groups excluding carboxylic acids is 1. The van der Waals surface area contributed by atoms with E-state index in [2.05, 4.69) is 4.90 Å². The number of hydrogen-bond donors (Lipinski definition) is 0. The van der Waals surface area contributed by atoms with Gasteiger partial charge in [-0.05, 0) is 35.9 Å². The number of fused-ring (bicyclic) bond motifs is 1. The van der Waals surface area contributed by atoms with Crippen molar-refractivity contribution in [2.75, 3.05) is 57.9 Å². The summed E-state index contributed by atoms with van der Waals surface area (Å²) in [4.78, 5) is 18.5. The maximum atomic E-state index is 12.9. The van der Waals surface area contributed by atoms with E-state index in [1.165, 1.54) is 17.6 Å². The molecule has 0 spiro atoms. The van der Waals surface area contributed by atoms with E-state index in [0.717, 1.165) is 21.9 Å². The fourth-order valence-electron chi connectivity index (χ4n) is 3.43. The first kappa shape index (κ1) is 20.2. The summed E-state index contributed by atoms with van der Waals surface area (Å²) in [6, 6.07) is 9.67. The molecule has 1 fully saturated rings. The lowest BCUT2D eigenvalue weighted by Gasteiger charge is -2.34. The molecule has 2 aliphatic rings. The number of nitrogens with zero attached hydrogens (tertiary/aromatic N) is 2. The van der Waals surface area contributed by atoms with Gasteiger partial charge in [0, 0.05) is 43.9 Å². The van der Waals surface area contributed by atoms with E-state index in [-0.39, 0.29) is 11.7 Å². The minimum atomic E-state index is -2.96. The number of ether oxygens (including phenoxy) is 2. The summed E-state index contributed by atoms with van der Waals surface area (Å²) < 4.78 is 33.9. The van der Waals surface area contributed by atoms with Crippen molar-refractivity contribution in [3.05, 3.63) is 35.2 Å². The predicted molar refractivity (Wildman–Crippen MR) is 113 cm³/mol. The second kappa shape index (κ2) is 8.33. The second-order valence-corrected chi connectivity index (χ2v) is 10.6.